The molecule has 3 heteroatoms. The standard InChI is InChI=1S/C14H19NO2/c1-11-3-2-4-12(7-11)8-14(16)9-13-10-17-6-5-15-13/h2-4,7,13,15H,5-6,8-10H2,1H3. The quantitative estimate of drug-likeness (QED) is 0.856. The topological polar surface area (TPSA) is 38.3 Å². The second-order valence-corrected chi connectivity index (χ2v) is 4.63. The van der Waals surface area contributed by atoms with E-state index in [-0.39, 0.29) is 11.8 Å². The van der Waals surface area contributed by atoms with Crippen molar-refractivity contribution in [2.24, 2.45) is 0 Å². The van der Waals surface area contributed by atoms with Crippen molar-refractivity contribution in [2.75, 3.05) is 19.8 Å². The van der Waals surface area contributed by atoms with Gasteiger partial charge >= 0.3 is 0 Å². The summed E-state index contributed by atoms with van der Waals surface area (Å²) < 4.78 is 5.34. The van der Waals surface area contributed by atoms with Gasteiger partial charge in [-0.15, -0.1) is 0 Å². The fourth-order valence-corrected chi connectivity index (χ4v) is 2.15. The van der Waals surface area contributed by atoms with Crippen LogP contribution >= 0.6 is 0 Å². The second kappa shape index (κ2) is 5.94. The molecule has 0 spiro atoms. The number of aryl methyl sites for hydroxylation is 1. The van der Waals surface area contributed by atoms with Crippen molar-refractivity contribution in [2.45, 2.75) is 25.8 Å². The Morgan fingerprint density at radius 2 is 2.41 bits per heavy atom. The molecule has 1 fully saturated rings. The number of hydrogen-bond donors (Lipinski definition) is 1. The molecule has 1 N–H and O–H groups in total. The monoisotopic (exact) mass is 233 g/mol. The summed E-state index contributed by atoms with van der Waals surface area (Å²) in [4.78, 5) is 11.9. The van der Waals surface area contributed by atoms with E-state index in [2.05, 4.69) is 11.4 Å². The fourth-order valence-electron chi connectivity index (χ4n) is 2.15. The number of ketones is 1. The van der Waals surface area contributed by atoms with E-state index in [1.807, 2.05) is 25.1 Å². The summed E-state index contributed by atoms with van der Waals surface area (Å²) in [6, 6.07) is 8.32. The van der Waals surface area contributed by atoms with Gasteiger partial charge in [0, 0.05) is 25.4 Å². The lowest BCUT2D eigenvalue weighted by atomic mass is 10.0. The van der Waals surface area contributed by atoms with Crippen molar-refractivity contribution < 1.29 is 9.53 Å². The molecule has 0 amide bonds. The van der Waals surface area contributed by atoms with Gasteiger partial charge in [-0.05, 0) is 12.5 Å². The Labute approximate surface area is 102 Å². The van der Waals surface area contributed by atoms with E-state index in [0.717, 1.165) is 18.7 Å². The number of ether oxygens (including phenoxy) is 1. The van der Waals surface area contributed by atoms with E-state index in [4.69, 9.17) is 4.74 Å². The van der Waals surface area contributed by atoms with Crippen molar-refractivity contribution in [3.63, 3.8) is 0 Å². The van der Waals surface area contributed by atoms with Crippen LogP contribution in [0.2, 0.25) is 0 Å². The first-order chi connectivity index (χ1) is 8.24. The SMILES string of the molecule is Cc1cccc(CC(=O)CC2COCCN2)c1. The number of benzene rings is 1. The van der Waals surface area contributed by atoms with Crippen LogP contribution in [0, 0.1) is 6.92 Å². The molecule has 3 nitrogen and oxygen atoms in total. The third kappa shape index (κ3) is 3.95. The predicted molar refractivity (Wildman–Crippen MR) is 67.1 cm³/mol. The van der Waals surface area contributed by atoms with Crippen molar-refractivity contribution in [1.29, 1.82) is 0 Å². The third-order valence-electron chi connectivity index (χ3n) is 2.96. The molecule has 1 aromatic carbocycles. The normalized spacial score (nSPS) is 20.2. The van der Waals surface area contributed by atoms with Crippen molar-refractivity contribution in [1.82, 2.24) is 5.32 Å². The van der Waals surface area contributed by atoms with Gasteiger partial charge in [-0.2, -0.15) is 0 Å². The second-order valence-electron chi connectivity index (χ2n) is 4.63. The average molecular weight is 233 g/mol. The van der Waals surface area contributed by atoms with E-state index in [9.17, 15) is 4.79 Å². The zero-order valence-electron chi connectivity index (χ0n) is 10.2. The molecule has 1 aliphatic heterocycles. The molecule has 1 atom stereocenters. The number of hydrogen-bond acceptors (Lipinski definition) is 3. The Kier molecular flexibility index (Phi) is 4.29. The van der Waals surface area contributed by atoms with Gasteiger partial charge in [-0.3, -0.25) is 4.79 Å². The summed E-state index contributed by atoms with van der Waals surface area (Å²) in [5, 5.41) is 3.30. The Bertz CT molecular complexity index is 384. The third-order valence-corrected chi connectivity index (χ3v) is 2.96. The molecule has 1 aromatic rings. The maximum Gasteiger partial charge on any atom is 0.138 e. The molecule has 0 radical (unpaired) electrons. The Morgan fingerprint density at radius 3 is 3.12 bits per heavy atom. The fraction of sp³-hybridized carbons (Fsp3) is 0.500. The highest BCUT2D eigenvalue weighted by Crippen LogP contribution is 2.08. The molecule has 0 aromatic heterocycles. The Morgan fingerprint density at radius 1 is 1.53 bits per heavy atom. The lowest BCUT2D eigenvalue weighted by molar-refractivity contribution is -0.119. The molecule has 1 heterocycles. The molecule has 1 saturated heterocycles. The first kappa shape index (κ1) is 12.3. The molecule has 17 heavy (non-hydrogen) atoms. The van der Waals surface area contributed by atoms with Crippen LogP contribution in [0.1, 0.15) is 17.5 Å². The highest BCUT2D eigenvalue weighted by molar-refractivity contribution is 5.81. The molecule has 2 rings (SSSR count). The van der Waals surface area contributed by atoms with E-state index >= 15 is 0 Å². The van der Waals surface area contributed by atoms with Crippen molar-refractivity contribution >= 4 is 5.78 Å². The van der Waals surface area contributed by atoms with Crippen LogP contribution in [0.5, 0.6) is 0 Å². The number of carbonyl (C=O) groups is 1. The first-order valence-corrected chi connectivity index (χ1v) is 6.12. The van der Waals surface area contributed by atoms with Gasteiger partial charge in [0.05, 0.1) is 13.2 Å². The summed E-state index contributed by atoms with van der Waals surface area (Å²) >= 11 is 0. The van der Waals surface area contributed by atoms with Gasteiger partial charge in [0.25, 0.3) is 0 Å². The maximum absolute atomic E-state index is 11.9. The largest absolute Gasteiger partial charge is 0.379 e. The molecule has 0 aliphatic carbocycles. The van der Waals surface area contributed by atoms with Crippen LogP contribution in [-0.2, 0) is 16.0 Å². The zero-order valence-corrected chi connectivity index (χ0v) is 10.2. The van der Waals surface area contributed by atoms with Crippen LogP contribution in [0.25, 0.3) is 0 Å². The summed E-state index contributed by atoms with van der Waals surface area (Å²) in [6.07, 6.45) is 1.09. The van der Waals surface area contributed by atoms with Gasteiger partial charge in [-0.25, -0.2) is 0 Å². The number of morpholine rings is 1. The maximum atomic E-state index is 11.9. The zero-order chi connectivity index (χ0) is 12.1. The van der Waals surface area contributed by atoms with E-state index in [1.165, 1.54) is 5.56 Å². The minimum Gasteiger partial charge on any atom is -0.379 e. The summed E-state index contributed by atoms with van der Waals surface area (Å²) in [5.74, 6) is 0.276. The number of carbonyl (C=O) groups excluding carboxylic acids is 1. The minimum absolute atomic E-state index is 0.195. The summed E-state index contributed by atoms with van der Waals surface area (Å²) in [5.41, 5.74) is 2.31. The minimum atomic E-state index is 0.195. The van der Waals surface area contributed by atoms with Gasteiger partial charge in [0.1, 0.15) is 5.78 Å². The van der Waals surface area contributed by atoms with E-state index in [0.29, 0.717) is 19.4 Å². The van der Waals surface area contributed by atoms with Crippen LogP contribution in [0.15, 0.2) is 24.3 Å². The molecular weight excluding hydrogens is 214 g/mol. The number of Topliss-reactive ketones (excluding diaryl/α,β-unsaturated/α-hetero) is 1. The lowest BCUT2D eigenvalue weighted by Gasteiger charge is -2.23. The highest BCUT2D eigenvalue weighted by Gasteiger charge is 2.16. The average Bonchev–Trinajstić information content (AvgIpc) is 2.30. The van der Waals surface area contributed by atoms with Crippen LogP contribution in [-0.4, -0.2) is 31.6 Å². The van der Waals surface area contributed by atoms with Gasteiger partial charge in [0.15, 0.2) is 0 Å². The molecule has 0 saturated carbocycles. The highest BCUT2D eigenvalue weighted by atomic mass is 16.5. The van der Waals surface area contributed by atoms with Gasteiger partial charge < -0.3 is 10.1 Å². The molecular formula is C14H19NO2. The van der Waals surface area contributed by atoms with Gasteiger partial charge in [0.2, 0.25) is 0 Å². The summed E-state index contributed by atoms with van der Waals surface area (Å²) in [7, 11) is 0. The summed E-state index contributed by atoms with van der Waals surface area (Å²) in [6.45, 7) is 4.30. The van der Waals surface area contributed by atoms with Crippen LogP contribution in [0.4, 0.5) is 0 Å². The number of nitrogens with one attached hydrogen (secondary N) is 1. The predicted octanol–water partition coefficient (Wildman–Crippen LogP) is 1.49. The Hall–Kier alpha value is -1.19. The van der Waals surface area contributed by atoms with E-state index < -0.39 is 0 Å². The van der Waals surface area contributed by atoms with Crippen molar-refractivity contribution in [3.05, 3.63) is 35.4 Å². The lowest BCUT2D eigenvalue weighted by Crippen LogP contribution is -2.42. The van der Waals surface area contributed by atoms with Crippen LogP contribution < -0.4 is 5.32 Å². The number of rotatable bonds is 4. The van der Waals surface area contributed by atoms with Crippen LogP contribution in [0.3, 0.4) is 0 Å². The molecule has 1 aliphatic rings. The molecule has 0 bridgehead atoms. The molecule has 92 valence electrons. The smallest absolute Gasteiger partial charge is 0.138 e. The van der Waals surface area contributed by atoms with E-state index in [1.54, 1.807) is 0 Å². The Balaban J connectivity index is 1.84. The van der Waals surface area contributed by atoms with Gasteiger partial charge in [-0.1, -0.05) is 29.8 Å². The van der Waals surface area contributed by atoms with Crippen molar-refractivity contribution in [3.8, 4) is 0 Å². The molecule has 1 unspecified atom stereocenters. The first-order valence-electron chi connectivity index (χ1n) is 6.12.